The molecular weight excluding hydrogens is 120 g/mol. The second-order valence-electron chi connectivity index (χ2n) is 1.70. The summed E-state index contributed by atoms with van der Waals surface area (Å²) in [7, 11) is 1.92. The molecule has 2 nitrogen and oxygen atoms in total. The van der Waals surface area contributed by atoms with Crippen molar-refractivity contribution in [2.75, 3.05) is 19.2 Å². The normalized spacial score (nSPS) is 8.88. The largest absolute Gasteiger partial charge is 0.355 e. The zero-order valence-electron chi connectivity index (χ0n) is 5.56. The van der Waals surface area contributed by atoms with Gasteiger partial charge in [0.15, 0.2) is 0 Å². The molecule has 1 N–H and O–H groups in total. The molecule has 0 bridgehead atoms. The number of hydrogen-bond acceptors (Lipinski definition) is 2. The van der Waals surface area contributed by atoms with Gasteiger partial charge in [-0.2, -0.15) is 0 Å². The third-order valence-electron chi connectivity index (χ3n) is 0.895. The Hall–Kier alpha value is -0.180. The number of hydrogen-bond donors (Lipinski definition) is 1. The molecule has 0 aliphatic heterocycles. The quantitative estimate of drug-likeness (QED) is 0.347. The lowest BCUT2D eigenvalue weighted by atomic mass is 10.6. The van der Waals surface area contributed by atoms with Crippen molar-refractivity contribution in [1.29, 1.82) is 5.41 Å². The Kier molecular flexibility index (Phi) is 3.69. The summed E-state index contributed by atoms with van der Waals surface area (Å²) in [6.07, 6.45) is 2.03. The van der Waals surface area contributed by atoms with E-state index >= 15 is 0 Å². The summed E-state index contributed by atoms with van der Waals surface area (Å²) in [5.41, 5.74) is 0. The van der Waals surface area contributed by atoms with Gasteiger partial charge in [-0.1, -0.05) is 0 Å². The van der Waals surface area contributed by atoms with E-state index in [1.807, 2.05) is 18.2 Å². The van der Waals surface area contributed by atoms with Crippen molar-refractivity contribution in [1.82, 2.24) is 4.90 Å². The predicted molar refractivity (Wildman–Crippen MR) is 39.5 cm³/mol. The zero-order chi connectivity index (χ0) is 6.57. The van der Waals surface area contributed by atoms with E-state index in [4.69, 9.17) is 5.41 Å². The Morgan fingerprint density at radius 2 is 2.25 bits per heavy atom. The second kappa shape index (κ2) is 3.78. The van der Waals surface area contributed by atoms with Crippen LogP contribution in [-0.2, 0) is 0 Å². The molecule has 0 aromatic heterocycles. The minimum atomic E-state index is 0.624. The zero-order valence-corrected chi connectivity index (χ0v) is 6.38. The van der Waals surface area contributed by atoms with Gasteiger partial charge in [-0.25, -0.2) is 0 Å². The highest BCUT2D eigenvalue weighted by Crippen LogP contribution is 1.94. The summed E-state index contributed by atoms with van der Waals surface area (Å²) in [6.45, 7) is 1.79. The second-order valence-corrected chi connectivity index (χ2v) is 2.54. The van der Waals surface area contributed by atoms with Crippen molar-refractivity contribution in [2.45, 2.75) is 6.92 Å². The number of nitrogens with one attached hydrogen (secondary N) is 1. The topological polar surface area (TPSA) is 27.1 Å². The molecule has 0 radical (unpaired) electrons. The summed E-state index contributed by atoms with van der Waals surface area (Å²) in [4.78, 5) is 1.89. The molecule has 0 aromatic carbocycles. The summed E-state index contributed by atoms with van der Waals surface area (Å²) >= 11 is 1.72. The van der Waals surface area contributed by atoms with Crippen LogP contribution in [0.3, 0.4) is 0 Å². The van der Waals surface area contributed by atoms with Crippen LogP contribution < -0.4 is 0 Å². The molecule has 0 fully saturated rings. The van der Waals surface area contributed by atoms with Crippen LogP contribution in [0.1, 0.15) is 6.92 Å². The first-order valence-electron chi connectivity index (χ1n) is 2.43. The third-order valence-corrected chi connectivity index (χ3v) is 1.54. The smallest absolute Gasteiger partial charge is 0.0930 e. The van der Waals surface area contributed by atoms with Crippen molar-refractivity contribution in [2.24, 2.45) is 0 Å². The van der Waals surface area contributed by atoms with Gasteiger partial charge in [0.1, 0.15) is 0 Å². The lowest BCUT2D eigenvalue weighted by molar-refractivity contribution is 0.591. The van der Waals surface area contributed by atoms with Crippen LogP contribution in [0.4, 0.5) is 0 Å². The van der Waals surface area contributed by atoms with Gasteiger partial charge in [-0.05, 0) is 13.2 Å². The van der Waals surface area contributed by atoms with E-state index in [1.165, 1.54) is 0 Å². The Balaban J connectivity index is 3.32. The van der Waals surface area contributed by atoms with E-state index in [2.05, 4.69) is 0 Å². The maximum atomic E-state index is 7.12. The van der Waals surface area contributed by atoms with Crippen LogP contribution >= 0.6 is 11.8 Å². The molecular formula is C5H12N2S. The van der Waals surface area contributed by atoms with E-state index in [0.717, 1.165) is 5.88 Å². The van der Waals surface area contributed by atoms with Gasteiger partial charge in [-0.15, -0.1) is 11.8 Å². The summed E-state index contributed by atoms with van der Waals surface area (Å²) in [6, 6.07) is 0. The minimum absolute atomic E-state index is 0.624. The molecule has 0 spiro atoms. The van der Waals surface area contributed by atoms with Gasteiger partial charge in [0.25, 0.3) is 0 Å². The highest BCUT2D eigenvalue weighted by Gasteiger charge is 1.92. The standard InChI is InChI=1S/C5H12N2S/c1-5(6)7(2)4-8-3/h6H,4H2,1-3H3. The maximum absolute atomic E-state index is 7.12. The monoisotopic (exact) mass is 132 g/mol. The molecule has 0 saturated carbocycles. The fourth-order valence-electron chi connectivity index (χ4n) is 0.290. The average molecular weight is 132 g/mol. The molecule has 0 heterocycles. The van der Waals surface area contributed by atoms with E-state index in [1.54, 1.807) is 18.7 Å². The lowest BCUT2D eigenvalue weighted by Crippen LogP contribution is -2.21. The van der Waals surface area contributed by atoms with Crippen LogP contribution in [0.25, 0.3) is 0 Å². The first-order chi connectivity index (χ1) is 3.68. The van der Waals surface area contributed by atoms with Crippen LogP contribution in [0.2, 0.25) is 0 Å². The number of amidine groups is 1. The van der Waals surface area contributed by atoms with Crippen LogP contribution in [-0.4, -0.2) is 29.9 Å². The molecule has 0 saturated heterocycles. The van der Waals surface area contributed by atoms with Crippen molar-refractivity contribution in [3.05, 3.63) is 0 Å². The predicted octanol–water partition coefficient (Wildman–Crippen LogP) is 1.24. The minimum Gasteiger partial charge on any atom is -0.355 e. The Morgan fingerprint density at radius 3 is 2.38 bits per heavy atom. The molecule has 8 heavy (non-hydrogen) atoms. The van der Waals surface area contributed by atoms with Gasteiger partial charge in [0.2, 0.25) is 0 Å². The molecule has 0 aliphatic carbocycles. The van der Waals surface area contributed by atoms with Gasteiger partial charge in [-0.3, -0.25) is 5.41 Å². The number of thioether (sulfide) groups is 1. The highest BCUT2D eigenvalue weighted by atomic mass is 32.2. The van der Waals surface area contributed by atoms with Gasteiger partial charge in [0, 0.05) is 7.05 Å². The molecule has 0 atom stereocenters. The van der Waals surface area contributed by atoms with Crippen LogP contribution in [0.15, 0.2) is 0 Å². The van der Waals surface area contributed by atoms with Gasteiger partial charge < -0.3 is 4.90 Å². The highest BCUT2D eigenvalue weighted by molar-refractivity contribution is 7.98. The number of nitrogens with zero attached hydrogens (tertiary/aromatic N) is 1. The fraction of sp³-hybridized carbons (Fsp3) is 0.800. The van der Waals surface area contributed by atoms with E-state index in [-0.39, 0.29) is 0 Å². The van der Waals surface area contributed by atoms with Crippen LogP contribution in [0.5, 0.6) is 0 Å². The van der Waals surface area contributed by atoms with E-state index < -0.39 is 0 Å². The first-order valence-corrected chi connectivity index (χ1v) is 3.83. The Morgan fingerprint density at radius 1 is 1.75 bits per heavy atom. The third kappa shape index (κ3) is 2.91. The maximum Gasteiger partial charge on any atom is 0.0930 e. The van der Waals surface area contributed by atoms with Crippen molar-refractivity contribution < 1.29 is 0 Å². The average Bonchev–Trinajstić information content (AvgIpc) is 1.67. The summed E-state index contributed by atoms with van der Waals surface area (Å²) < 4.78 is 0. The first kappa shape index (κ1) is 7.82. The van der Waals surface area contributed by atoms with Crippen molar-refractivity contribution in [3.8, 4) is 0 Å². The van der Waals surface area contributed by atoms with Gasteiger partial charge >= 0.3 is 0 Å². The molecule has 0 aromatic rings. The number of rotatable bonds is 2. The molecule has 0 rings (SSSR count). The molecule has 3 heteroatoms. The Bertz CT molecular complexity index is 82.5. The fourth-order valence-corrected chi connectivity index (χ4v) is 0.871. The molecule has 0 unspecified atom stereocenters. The molecule has 0 aliphatic rings. The van der Waals surface area contributed by atoms with E-state index in [0.29, 0.717) is 5.84 Å². The van der Waals surface area contributed by atoms with Crippen molar-refractivity contribution >= 4 is 17.6 Å². The Labute approximate surface area is 54.8 Å². The summed E-state index contributed by atoms with van der Waals surface area (Å²) in [5, 5.41) is 7.12. The SMILES string of the molecule is CSCN(C)C(C)=N. The molecule has 0 amide bonds. The summed E-state index contributed by atoms with van der Waals surface area (Å²) in [5.74, 6) is 1.54. The van der Waals surface area contributed by atoms with E-state index in [9.17, 15) is 0 Å². The van der Waals surface area contributed by atoms with Gasteiger partial charge in [0.05, 0.1) is 11.7 Å². The van der Waals surface area contributed by atoms with Crippen molar-refractivity contribution in [3.63, 3.8) is 0 Å². The van der Waals surface area contributed by atoms with Crippen LogP contribution in [0, 0.1) is 5.41 Å². The lowest BCUT2D eigenvalue weighted by Gasteiger charge is -2.14. The molecule has 48 valence electrons.